The third-order valence-corrected chi connectivity index (χ3v) is 5.42. The lowest BCUT2D eigenvalue weighted by molar-refractivity contribution is -0.136. The lowest BCUT2D eigenvalue weighted by atomic mass is 9.95. The lowest BCUT2D eigenvalue weighted by Gasteiger charge is -2.22. The van der Waals surface area contributed by atoms with Gasteiger partial charge in [-0.25, -0.2) is 4.98 Å². The molecule has 0 saturated heterocycles. The van der Waals surface area contributed by atoms with Crippen LogP contribution in [0.25, 0.3) is 11.1 Å². The van der Waals surface area contributed by atoms with Crippen molar-refractivity contribution in [2.45, 2.75) is 32.7 Å². The number of pyridine rings is 1. The summed E-state index contributed by atoms with van der Waals surface area (Å²) in [5.74, 6) is -0.153. The molecule has 3 N–H and O–H groups in total. The second kappa shape index (κ2) is 11.5. The normalized spacial score (nSPS) is 11.8. The number of amides is 1. The quantitative estimate of drug-likeness (QED) is 0.351. The average molecular weight is 466 g/mol. The number of carboxylic acids is 1. The van der Waals surface area contributed by atoms with Gasteiger partial charge in [0, 0.05) is 17.8 Å². The summed E-state index contributed by atoms with van der Waals surface area (Å²) in [6.45, 7) is 4.43. The highest BCUT2D eigenvalue weighted by molar-refractivity contribution is 6.30. The summed E-state index contributed by atoms with van der Waals surface area (Å²) in [7, 11) is 0. The van der Waals surface area contributed by atoms with Crippen molar-refractivity contribution in [3.8, 4) is 11.1 Å². The Balaban J connectivity index is 1.69. The standard InChI is InChI=1S/C26H28ClN3O3/c1-17(2)15-23(20-5-3-18(4-6-20)19-7-10-22(27)11-8-19)30-24-12-9-21(16-29-24)26(33)28-14-13-25(31)32/h3-12,16-17,23H,13-15H2,1-2H3,(H,28,33)(H,29,30)(H,31,32). The molecule has 3 aromatic rings. The van der Waals surface area contributed by atoms with Crippen LogP contribution in [0.2, 0.25) is 5.02 Å². The van der Waals surface area contributed by atoms with Crippen LogP contribution in [-0.2, 0) is 4.79 Å². The van der Waals surface area contributed by atoms with Crippen molar-refractivity contribution in [3.05, 3.63) is 83.0 Å². The molecule has 0 aliphatic carbocycles. The lowest BCUT2D eigenvalue weighted by Crippen LogP contribution is -2.26. The molecule has 6 nitrogen and oxygen atoms in total. The van der Waals surface area contributed by atoms with Crippen LogP contribution < -0.4 is 10.6 Å². The summed E-state index contributed by atoms with van der Waals surface area (Å²) in [5, 5.41) is 15.5. The van der Waals surface area contributed by atoms with Gasteiger partial charge in [-0.3, -0.25) is 9.59 Å². The fourth-order valence-corrected chi connectivity index (χ4v) is 3.60. The van der Waals surface area contributed by atoms with Crippen molar-refractivity contribution in [1.29, 1.82) is 0 Å². The van der Waals surface area contributed by atoms with Crippen molar-refractivity contribution >= 4 is 29.3 Å². The van der Waals surface area contributed by atoms with Crippen molar-refractivity contribution < 1.29 is 14.7 Å². The fraction of sp³-hybridized carbons (Fsp3) is 0.269. The van der Waals surface area contributed by atoms with Gasteiger partial charge in [-0.15, -0.1) is 0 Å². The largest absolute Gasteiger partial charge is 0.481 e. The summed E-state index contributed by atoms with van der Waals surface area (Å²) in [4.78, 5) is 27.1. The maximum Gasteiger partial charge on any atom is 0.305 e. The van der Waals surface area contributed by atoms with Gasteiger partial charge in [0.2, 0.25) is 0 Å². The monoisotopic (exact) mass is 465 g/mol. The third-order valence-electron chi connectivity index (χ3n) is 5.17. The molecule has 0 aliphatic rings. The van der Waals surface area contributed by atoms with E-state index in [1.54, 1.807) is 12.1 Å². The first kappa shape index (κ1) is 24.3. The van der Waals surface area contributed by atoms with Crippen molar-refractivity contribution in [1.82, 2.24) is 10.3 Å². The summed E-state index contributed by atoms with van der Waals surface area (Å²) in [6, 6.07) is 19.7. The molecule has 1 unspecified atom stereocenters. The van der Waals surface area contributed by atoms with Gasteiger partial charge in [0.1, 0.15) is 5.82 Å². The van der Waals surface area contributed by atoms with Crippen molar-refractivity contribution in [2.75, 3.05) is 11.9 Å². The van der Waals surface area contributed by atoms with Gasteiger partial charge >= 0.3 is 5.97 Å². The number of anilines is 1. The number of carbonyl (C=O) groups is 2. The summed E-state index contributed by atoms with van der Waals surface area (Å²) in [6.07, 6.45) is 2.29. The maximum atomic E-state index is 12.1. The number of nitrogens with one attached hydrogen (secondary N) is 2. The van der Waals surface area contributed by atoms with Gasteiger partial charge < -0.3 is 15.7 Å². The van der Waals surface area contributed by atoms with E-state index in [2.05, 4.69) is 53.7 Å². The van der Waals surface area contributed by atoms with E-state index in [0.29, 0.717) is 22.3 Å². The summed E-state index contributed by atoms with van der Waals surface area (Å²) < 4.78 is 0. The van der Waals surface area contributed by atoms with E-state index < -0.39 is 5.97 Å². The number of halogens is 1. The fourth-order valence-electron chi connectivity index (χ4n) is 3.48. The molecule has 0 fully saturated rings. The Bertz CT molecular complexity index is 1070. The van der Waals surface area contributed by atoms with E-state index >= 15 is 0 Å². The SMILES string of the molecule is CC(C)CC(Nc1ccc(C(=O)NCCC(=O)O)cn1)c1ccc(-c2ccc(Cl)cc2)cc1. The van der Waals surface area contributed by atoms with Crippen LogP contribution in [-0.4, -0.2) is 28.5 Å². The molecular weight excluding hydrogens is 438 g/mol. The molecule has 1 amide bonds. The average Bonchev–Trinajstić information content (AvgIpc) is 2.79. The smallest absolute Gasteiger partial charge is 0.305 e. The third kappa shape index (κ3) is 7.32. The molecule has 0 saturated carbocycles. The first-order chi connectivity index (χ1) is 15.8. The number of aliphatic carboxylic acids is 1. The zero-order valence-electron chi connectivity index (χ0n) is 18.7. The number of carboxylic acid groups (broad SMARTS) is 1. The van der Waals surface area contributed by atoms with Gasteiger partial charge in [-0.05, 0) is 53.3 Å². The van der Waals surface area contributed by atoms with Crippen molar-refractivity contribution in [3.63, 3.8) is 0 Å². The molecule has 0 radical (unpaired) electrons. The Labute approximate surface area is 199 Å². The Morgan fingerprint density at radius 3 is 2.15 bits per heavy atom. The van der Waals surface area contributed by atoms with Crippen LogP contribution in [0.1, 0.15) is 48.7 Å². The predicted molar refractivity (Wildman–Crippen MR) is 132 cm³/mol. The number of nitrogens with zero attached hydrogens (tertiary/aromatic N) is 1. The predicted octanol–water partition coefficient (Wildman–Crippen LogP) is 5.81. The molecule has 1 heterocycles. The minimum absolute atomic E-state index is 0.0620. The Kier molecular flexibility index (Phi) is 8.44. The minimum Gasteiger partial charge on any atom is -0.481 e. The first-order valence-electron chi connectivity index (χ1n) is 10.9. The summed E-state index contributed by atoms with van der Waals surface area (Å²) in [5.41, 5.74) is 3.77. The number of hydrogen-bond acceptors (Lipinski definition) is 4. The van der Waals surface area contributed by atoms with E-state index in [1.807, 2.05) is 24.3 Å². The minimum atomic E-state index is -0.953. The molecule has 1 atom stereocenters. The van der Waals surface area contributed by atoms with Crippen LogP contribution in [0, 0.1) is 5.92 Å². The Hall–Kier alpha value is -3.38. The van der Waals surface area contributed by atoms with Gasteiger partial charge in [0.05, 0.1) is 18.0 Å². The molecule has 1 aromatic heterocycles. The number of aromatic nitrogens is 1. The number of benzene rings is 2. The van der Waals surface area contributed by atoms with E-state index in [4.69, 9.17) is 16.7 Å². The molecule has 0 bridgehead atoms. The van der Waals surface area contributed by atoms with Crippen LogP contribution in [0.5, 0.6) is 0 Å². The molecule has 3 rings (SSSR count). The molecule has 0 aliphatic heterocycles. The zero-order chi connectivity index (χ0) is 23.8. The Morgan fingerprint density at radius 1 is 0.970 bits per heavy atom. The highest BCUT2D eigenvalue weighted by atomic mass is 35.5. The van der Waals surface area contributed by atoms with E-state index in [0.717, 1.165) is 23.1 Å². The number of hydrogen-bond donors (Lipinski definition) is 3. The van der Waals surface area contributed by atoms with Crippen LogP contribution >= 0.6 is 11.6 Å². The molecule has 0 spiro atoms. The van der Waals surface area contributed by atoms with Gasteiger partial charge in [-0.2, -0.15) is 0 Å². The van der Waals surface area contributed by atoms with Crippen LogP contribution in [0.4, 0.5) is 5.82 Å². The van der Waals surface area contributed by atoms with Gasteiger partial charge in [-0.1, -0.05) is 61.8 Å². The highest BCUT2D eigenvalue weighted by Crippen LogP contribution is 2.28. The second-order valence-corrected chi connectivity index (χ2v) is 8.72. The van der Waals surface area contributed by atoms with E-state index in [-0.39, 0.29) is 24.9 Å². The molecule has 33 heavy (non-hydrogen) atoms. The van der Waals surface area contributed by atoms with Gasteiger partial charge in [0.15, 0.2) is 0 Å². The van der Waals surface area contributed by atoms with E-state index in [9.17, 15) is 9.59 Å². The van der Waals surface area contributed by atoms with E-state index in [1.165, 1.54) is 6.20 Å². The van der Waals surface area contributed by atoms with Crippen LogP contribution in [0.15, 0.2) is 66.9 Å². The molecule has 7 heteroatoms. The number of rotatable bonds is 10. The number of carbonyl (C=O) groups excluding carboxylic acids is 1. The molecular formula is C26H28ClN3O3. The van der Waals surface area contributed by atoms with Gasteiger partial charge in [0.25, 0.3) is 5.91 Å². The Morgan fingerprint density at radius 2 is 1.61 bits per heavy atom. The maximum absolute atomic E-state index is 12.1. The van der Waals surface area contributed by atoms with Crippen molar-refractivity contribution in [2.24, 2.45) is 5.92 Å². The summed E-state index contributed by atoms with van der Waals surface area (Å²) >= 11 is 5.99. The highest BCUT2D eigenvalue weighted by Gasteiger charge is 2.15. The zero-order valence-corrected chi connectivity index (χ0v) is 19.5. The molecule has 2 aromatic carbocycles. The topological polar surface area (TPSA) is 91.3 Å². The first-order valence-corrected chi connectivity index (χ1v) is 11.3. The molecule has 172 valence electrons. The van der Waals surface area contributed by atoms with Crippen LogP contribution in [0.3, 0.4) is 0 Å². The second-order valence-electron chi connectivity index (χ2n) is 8.29.